The number of carboxylic acids is 1. The molecule has 5 N–H and O–H groups in total. The average molecular weight is 504 g/mol. The lowest BCUT2D eigenvalue weighted by Crippen LogP contribution is -2.61. The number of methoxy groups -OCH3 is 1. The van der Waals surface area contributed by atoms with Gasteiger partial charge in [0.25, 0.3) is 0 Å². The lowest BCUT2D eigenvalue weighted by atomic mass is 9.99. The Hall–Kier alpha value is -4.04. The van der Waals surface area contributed by atoms with E-state index in [4.69, 9.17) is 33.2 Å². The number of benzene rings is 2. The van der Waals surface area contributed by atoms with Crippen LogP contribution in [0.4, 0.5) is 0 Å². The quantitative estimate of drug-likeness (QED) is 0.316. The number of aromatic hydroxyl groups is 1. The van der Waals surface area contributed by atoms with Gasteiger partial charge in [-0.2, -0.15) is 0 Å². The minimum Gasteiger partial charge on any atom is -0.504 e. The van der Waals surface area contributed by atoms with E-state index >= 15 is 0 Å². The Bertz CT molecular complexity index is 1380. The van der Waals surface area contributed by atoms with Gasteiger partial charge in [-0.25, -0.2) is 4.79 Å². The van der Waals surface area contributed by atoms with Crippen molar-refractivity contribution in [2.75, 3.05) is 13.9 Å². The van der Waals surface area contributed by atoms with Crippen molar-refractivity contribution in [2.24, 2.45) is 0 Å². The van der Waals surface area contributed by atoms with Crippen LogP contribution in [0.3, 0.4) is 0 Å². The van der Waals surface area contributed by atoms with Crippen LogP contribution in [0, 0.1) is 0 Å². The van der Waals surface area contributed by atoms with E-state index < -0.39 is 47.9 Å². The van der Waals surface area contributed by atoms with Crippen LogP contribution in [0.2, 0.25) is 0 Å². The zero-order valence-electron chi connectivity index (χ0n) is 18.5. The van der Waals surface area contributed by atoms with Crippen LogP contribution in [0.1, 0.15) is 0 Å². The third-order valence-corrected chi connectivity index (χ3v) is 5.84. The Morgan fingerprint density at radius 1 is 1.06 bits per heavy atom. The number of hydrogen-bond acceptors (Lipinski definition) is 12. The molecule has 0 unspecified atom stereocenters. The van der Waals surface area contributed by atoms with E-state index in [-0.39, 0.29) is 46.5 Å². The summed E-state index contributed by atoms with van der Waals surface area (Å²) >= 11 is 0. The van der Waals surface area contributed by atoms with Gasteiger partial charge in [-0.15, -0.1) is 0 Å². The maximum Gasteiger partial charge on any atom is 0.335 e. The molecular formula is C23H20O13. The Morgan fingerprint density at radius 2 is 1.78 bits per heavy atom. The molecule has 36 heavy (non-hydrogen) atoms. The molecule has 0 amide bonds. The first-order valence-electron chi connectivity index (χ1n) is 10.6. The number of hydrogen-bond donors (Lipinski definition) is 5. The number of aliphatic hydroxyl groups is 3. The molecule has 0 spiro atoms. The fourth-order valence-corrected chi connectivity index (χ4v) is 4.02. The van der Waals surface area contributed by atoms with Crippen LogP contribution in [-0.2, 0) is 9.53 Å². The van der Waals surface area contributed by atoms with E-state index in [9.17, 15) is 30.0 Å². The van der Waals surface area contributed by atoms with Crippen molar-refractivity contribution in [2.45, 2.75) is 30.7 Å². The van der Waals surface area contributed by atoms with Gasteiger partial charge in [0.1, 0.15) is 35.0 Å². The van der Waals surface area contributed by atoms with E-state index in [0.717, 1.165) is 0 Å². The second kappa shape index (κ2) is 8.87. The van der Waals surface area contributed by atoms with E-state index in [2.05, 4.69) is 0 Å². The molecule has 190 valence electrons. The highest BCUT2D eigenvalue weighted by molar-refractivity contribution is 5.91. The van der Waals surface area contributed by atoms with Gasteiger partial charge in [0.05, 0.1) is 7.11 Å². The normalized spacial score (nSPS) is 25.1. The summed E-state index contributed by atoms with van der Waals surface area (Å²) in [6, 6.07) is 7.23. The van der Waals surface area contributed by atoms with Gasteiger partial charge in [-0.05, 0) is 24.3 Å². The Labute approximate surface area is 201 Å². The number of fused-ring (bicyclic) bond motifs is 2. The number of aliphatic carboxylic acids is 1. The van der Waals surface area contributed by atoms with Gasteiger partial charge < -0.3 is 53.6 Å². The van der Waals surface area contributed by atoms with Gasteiger partial charge >= 0.3 is 5.97 Å². The highest BCUT2D eigenvalue weighted by atomic mass is 16.7. The van der Waals surface area contributed by atoms with E-state index in [0.29, 0.717) is 5.56 Å². The lowest BCUT2D eigenvalue weighted by Gasteiger charge is -2.38. The smallest absolute Gasteiger partial charge is 0.335 e. The molecule has 2 aromatic carbocycles. The van der Waals surface area contributed by atoms with Crippen molar-refractivity contribution in [1.29, 1.82) is 0 Å². The van der Waals surface area contributed by atoms with Gasteiger partial charge in [0, 0.05) is 11.6 Å². The van der Waals surface area contributed by atoms with Gasteiger partial charge in [0.2, 0.25) is 30.0 Å². The minimum atomic E-state index is -1.85. The standard InChI is InChI=1S/C23H20O13/c1-31-20-14(25)12-10(6-11-19(13(12)24)33-7-32-11)35-18(20)8-2-4-9(5-3-8)34-23-17(28)15(26)16(27)21(36-23)22(29)30/h2-6,15-17,21,23-24,26-28H,7H2,1H3,(H,29,30)/t15-,16-,17+,21-,23+/m0/s1. The summed E-state index contributed by atoms with van der Waals surface area (Å²) in [5.41, 5.74) is -0.237. The number of carbonyl (C=O) groups is 1. The molecule has 13 heteroatoms. The minimum absolute atomic E-state index is 0.0287. The number of phenolic OH excluding ortho intramolecular Hbond substituents is 1. The van der Waals surface area contributed by atoms with Crippen LogP contribution in [-0.4, -0.2) is 76.1 Å². The molecule has 0 saturated carbocycles. The van der Waals surface area contributed by atoms with Crippen molar-refractivity contribution >= 4 is 16.9 Å². The van der Waals surface area contributed by atoms with Crippen LogP contribution in [0.5, 0.6) is 28.7 Å². The lowest BCUT2D eigenvalue weighted by molar-refractivity contribution is -0.271. The highest BCUT2D eigenvalue weighted by Crippen LogP contribution is 2.46. The fourth-order valence-electron chi connectivity index (χ4n) is 4.02. The average Bonchev–Trinajstić information content (AvgIpc) is 3.33. The molecule has 3 aromatic rings. The number of rotatable bonds is 5. The van der Waals surface area contributed by atoms with Gasteiger partial charge in [0.15, 0.2) is 23.4 Å². The summed E-state index contributed by atoms with van der Waals surface area (Å²) in [5.74, 6) is -1.76. The molecule has 1 fully saturated rings. The molecule has 2 aliphatic rings. The summed E-state index contributed by atoms with van der Waals surface area (Å²) in [6.07, 6.45) is -8.78. The Morgan fingerprint density at radius 3 is 2.44 bits per heavy atom. The second-order valence-electron chi connectivity index (χ2n) is 8.00. The summed E-state index contributed by atoms with van der Waals surface area (Å²) in [7, 11) is 1.27. The Kier molecular flexibility index (Phi) is 5.84. The molecule has 1 aromatic heterocycles. The van der Waals surface area contributed by atoms with E-state index in [1.807, 2.05) is 0 Å². The van der Waals surface area contributed by atoms with Crippen LogP contribution in [0.25, 0.3) is 22.3 Å². The van der Waals surface area contributed by atoms with Crippen molar-refractivity contribution in [3.8, 4) is 40.1 Å². The molecule has 5 atom stereocenters. The monoisotopic (exact) mass is 504 g/mol. The van der Waals surface area contributed by atoms with Crippen molar-refractivity contribution < 1.29 is 58.4 Å². The first-order valence-corrected chi connectivity index (χ1v) is 10.6. The van der Waals surface area contributed by atoms with Crippen LogP contribution in [0.15, 0.2) is 39.5 Å². The maximum absolute atomic E-state index is 13.1. The summed E-state index contributed by atoms with van der Waals surface area (Å²) in [5, 5.41) is 49.4. The fraction of sp³-hybridized carbons (Fsp3) is 0.304. The van der Waals surface area contributed by atoms with Crippen molar-refractivity contribution in [3.63, 3.8) is 0 Å². The molecule has 3 heterocycles. The molecule has 1 saturated heterocycles. The second-order valence-corrected chi connectivity index (χ2v) is 8.00. The van der Waals surface area contributed by atoms with Crippen molar-refractivity contribution in [1.82, 2.24) is 0 Å². The van der Waals surface area contributed by atoms with E-state index in [1.54, 1.807) is 0 Å². The molecule has 0 aliphatic carbocycles. The molecule has 0 bridgehead atoms. The SMILES string of the molecule is COc1c(-c2ccc(O[C@@H]3O[C@H](C(=O)O)[C@@H](O)[C@H](O)[C@H]3O)cc2)oc2cc3c(c(O)c2c1=O)OCO3. The molecule has 2 aliphatic heterocycles. The first kappa shape index (κ1) is 23.7. The third-order valence-electron chi connectivity index (χ3n) is 5.84. The molecule has 13 nitrogen and oxygen atoms in total. The summed E-state index contributed by atoms with van der Waals surface area (Å²) < 4.78 is 32.2. The predicted octanol–water partition coefficient (Wildman–Crippen LogP) is 0.174. The van der Waals surface area contributed by atoms with Crippen molar-refractivity contribution in [3.05, 3.63) is 40.6 Å². The number of carboxylic acid groups (broad SMARTS) is 1. The van der Waals surface area contributed by atoms with E-state index in [1.165, 1.54) is 37.4 Å². The maximum atomic E-state index is 13.1. The largest absolute Gasteiger partial charge is 0.504 e. The third kappa shape index (κ3) is 3.74. The number of aliphatic hydroxyl groups excluding tert-OH is 3. The Balaban J connectivity index is 1.47. The molecular weight excluding hydrogens is 484 g/mol. The highest BCUT2D eigenvalue weighted by Gasteiger charge is 2.48. The van der Waals surface area contributed by atoms with Gasteiger partial charge in [-0.3, -0.25) is 4.79 Å². The predicted molar refractivity (Wildman–Crippen MR) is 117 cm³/mol. The first-order chi connectivity index (χ1) is 17.2. The molecule has 5 rings (SSSR count). The number of phenols is 1. The topological polar surface area (TPSA) is 195 Å². The summed E-state index contributed by atoms with van der Waals surface area (Å²) in [6.45, 7) is -0.124. The zero-order valence-corrected chi connectivity index (χ0v) is 18.5. The number of ether oxygens (including phenoxy) is 5. The summed E-state index contributed by atoms with van der Waals surface area (Å²) in [4.78, 5) is 24.4. The molecule has 0 radical (unpaired) electrons. The van der Waals surface area contributed by atoms with Crippen LogP contribution >= 0.6 is 0 Å². The van der Waals surface area contributed by atoms with Crippen LogP contribution < -0.4 is 24.4 Å². The van der Waals surface area contributed by atoms with Gasteiger partial charge in [-0.1, -0.05) is 0 Å². The zero-order chi connectivity index (χ0) is 25.7.